The summed E-state index contributed by atoms with van der Waals surface area (Å²) in [6, 6.07) is 7.77. The van der Waals surface area contributed by atoms with Crippen molar-refractivity contribution < 1.29 is 23.9 Å². The minimum atomic E-state index is -0.899. The van der Waals surface area contributed by atoms with Crippen molar-refractivity contribution in [3.63, 3.8) is 0 Å². The Balaban J connectivity index is 2.16. The van der Waals surface area contributed by atoms with Crippen LogP contribution in [0.2, 0.25) is 0 Å². The summed E-state index contributed by atoms with van der Waals surface area (Å²) >= 11 is 0. The molecule has 0 saturated heterocycles. The molecule has 178 valence electrons. The van der Waals surface area contributed by atoms with E-state index in [1.165, 1.54) is 7.11 Å². The fourth-order valence-electron chi connectivity index (χ4n) is 4.58. The number of nitrogens with one attached hydrogen (secondary N) is 1. The van der Waals surface area contributed by atoms with E-state index < -0.39 is 23.8 Å². The highest BCUT2D eigenvalue weighted by molar-refractivity contribution is 6.12. The van der Waals surface area contributed by atoms with Gasteiger partial charge < -0.3 is 19.7 Å². The van der Waals surface area contributed by atoms with Gasteiger partial charge >= 0.3 is 11.9 Å². The third-order valence-corrected chi connectivity index (χ3v) is 6.59. The molecule has 4 atom stereocenters. The van der Waals surface area contributed by atoms with Crippen LogP contribution >= 0.6 is 0 Å². The summed E-state index contributed by atoms with van der Waals surface area (Å²) in [6.07, 6.45) is 0.940. The summed E-state index contributed by atoms with van der Waals surface area (Å²) in [4.78, 5) is 41.5. The number of hydrogen-bond acceptors (Lipinski definition) is 7. The smallest absolute Gasteiger partial charge is 0.337 e. The monoisotopic (exact) mass is 454 g/mol. The van der Waals surface area contributed by atoms with Gasteiger partial charge in [0, 0.05) is 42.7 Å². The number of hydrogen-bond donors (Lipinski definition) is 1. The molecule has 2 aliphatic rings. The number of esters is 2. The van der Waals surface area contributed by atoms with Crippen molar-refractivity contribution in [2.45, 2.75) is 52.6 Å². The molecule has 1 aliphatic carbocycles. The van der Waals surface area contributed by atoms with Gasteiger partial charge in [-0.3, -0.25) is 9.59 Å². The van der Waals surface area contributed by atoms with E-state index in [1.54, 1.807) is 0 Å². The van der Waals surface area contributed by atoms with Gasteiger partial charge in [-0.25, -0.2) is 4.79 Å². The lowest BCUT2D eigenvalue weighted by molar-refractivity contribution is -0.151. The molecule has 1 aliphatic heterocycles. The maximum absolute atomic E-state index is 13.7. The van der Waals surface area contributed by atoms with E-state index >= 15 is 0 Å². The van der Waals surface area contributed by atoms with Crippen molar-refractivity contribution in [3.05, 3.63) is 52.4 Å². The maximum atomic E-state index is 13.7. The van der Waals surface area contributed by atoms with Gasteiger partial charge in [0.2, 0.25) is 0 Å². The summed E-state index contributed by atoms with van der Waals surface area (Å²) in [5.41, 5.74) is 4.08. The molecule has 3 rings (SSSR count). The lowest BCUT2D eigenvalue weighted by Gasteiger charge is -2.38. The van der Waals surface area contributed by atoms with Crippen molar-refractivity contribution in [1.29, 1.82) is 0 Å². The van der Waals surface area contributed by atoms with Crippen LogP contribution in [0.3, 0.4) is 0 Å². The standard InChI is InChI=1S/C26H34N2O5/c1-8-15(3)33-26(31)21-16(4)27-19-13-14(2)20(25(30)32-7)24(29)23(19)22(21)17-9-11-18(12-10-17)28(5)6/h9-12,14-15,20,22,27H,8,13H2,1-7H3/t14-,15-,20-,22+/m1/s1. The molecule has 0 saturated carbocycles. The molecule has 0 fully saturated rings. The normalized spacial score (nSPS) is 23.5. The van der Waals surface area contributed by atoms with E-state index in [-0.39, 0.29) is 17.8 Å². The van der Waals surface area contributed by atoms with Crippen molar-refractivity contribution in [2.24, 2.45) is 11.8 Å². The van der Waals surface area contributed by atoms with E-state index in [9.17, 15) is 14.4 Å². The van der Waals surface area contributed by atoms with Gasteiger partial charge in [0.25, 0.3) is 0 Å². The highest BCUT2D eigenvalue weighted by Gasteiger charge is 2.47. The van der Waals surface area contributed by atoms with Crippen LogP contribution in [-0.4, -0.2) is 45.0 Å². The fraction of sp³-hybridized carbons (Fsp3) is 0.500. The van der Waals surface area contributed by atoms with Crippen molar-refractivity contribution in [1.82, 2.24) is 5.32 Å². The van der Waals surface area contributed by atoms with Gasteiger partial charge in [-0.15, -0.1) is 0 Å². The second kappa shape index (κ2) is 9.81. The number of Topliss-reactive ketones (excluding diaryl/α,β-unsaturated/α-hetero) is 1. The van der Waals surface area contributed by atoms with Crippen LogP contribution in [0.15, 0.2) is 46.8 Å². The molecule has 0 radical (unpaired) electrons. The van der Waals surface area contributed by atoms with Gasteiger partial charge in [0.05, 0.1) is 18.8 Å². The van der Waals surface area contributed by atoms with Crippen LogP contribution in [0.4, 0.5) is 5.69 Å². The van der Waals surface area contributed by atoms with Crippen LogP contribution in [0.25, 0.3) is 0 Å². The lowest BCUT2D eigenvalue weighted by atomic mass is 9.69. The molecule has 1 aromatic rings. The Labute approximate surface area is 195 Å². The molecule has 0 amide bonds. The number of dihydropyridines is 1. The first-order chi connectivity index (χ1) is 15.6. The molecule has 7 nitrogen and oxygen atoms in total. The molecule has 1 aromatic carbocycles. The maximum Gasteiger partial charge on any atom is 0.337 e. The lowest BCUT2D eigenvalue weighted by Crippen LogP contribution is -2.43. The predicted molar refractivity (Wildman–Crippen MR) is 127 cm³/mol. The largest absolute Gasteiger partial charge is 0.468 e. The summed E-state index contributed by atoms with van der Waals surface area (Å²) in [7, 11) is 5.19. The molecule has 33 heavy (non-hydrogen) atoms. The van der Waals surface area contributed by atoms with Crippen LogP contribution in [0, 0.1) is 11.8 Å². The quantitative estimate of drug-likeness (QED) is 0.518. The number of allylic oxidation sites excluding steroid dienone is 3. The number of nitrogens with zero attached hydrogens (tertiary/aromatic N) is 1. The molecule has 7 heteroatoms. The van der Waals surface area contributed by atoms with Gasteiger partial charge in [-0.1, -0.05) is 26.0 Å². The molecule has 0 unspecified atom stereocenters. The molecule has 1 heterocycles. The molecule has 0 spiro atoms. The Hall–Kier alpha value is -3.09. The summed E-state index contributed by atoms with van der Waals surface area (Å²) in [6.45, 7) is 7.50. The Bertz CT molecular complexity index is 1010. The zero-order valence-corrected chi connectivity index (χ0v) is 20.5. The van der Waals surface area contributed by atoms with Gasteiger partial charge in [0.15, 0.2) is 5.78 Å². The molecular formula is C26H34N2O5. The minimum Gasteiger partial charge on any atom is -0.468 e. The zero-order chi connectivity index (χ0) is 24.4. The van der Waals surface area contributed by atoms with Crippen LogP contribution in [-0.2, 0) is 23.9 Å². The van der Waals surface area contributed by atoms with Crippen LogP contribution in [0.5, 0.6) is 0 Å². The Kier molecular flexibility index (Phi) is 7.30. The minimum absolute atomic E-state index is 0.214. The highest BCUT2D eigenvalue weighted by Crippen LogP contribution is 2.45. The van der Waals surface area contributed by atoms with E-state index in [4.69, 9.17) is 9.47 Å². The average molecular weight is 455 g/mol. The van der Waals surface area contributed by atoms with E-state index in [1.807, 2.05) is 71.0 Å². The third kappa shape index (κ3) is 4.68. The first-order valence-electron chi connectivity index (χ1n) is 11.4. The van der Waals surface area contributed by atoms with Gasteiger partial charge in [-0.2, -0.15) is 0 Å². The molecular weight excluding hydrogens is 420 g/mol. The van der Waals surface area contributed by atoms with Crippen molar-refractivity contribution >= 4 is 23.4 Å². The second-order valence-corrected chi connectivity index (χ2v) is 9.15. The topological polar surface area (TPSA) is 84.9 Å². The third-order valence-electron chi connectivity index (χ3n) is 6.59. The zero-order valence-electron chi connectivity index (χ0n) is 20.5. The van der Waals surface area contributed by atoms with Crippen molar-refractivity contribution in [2.75, 3.05) is 26.1 Å². The Morgan fingerprint density at radius 3 is 2.39 bits per heavy atom. The number of methoxy groups -OCH3 is 1. The summed E-state index contributed by atoms with van der Waals surface area (Å²) in [5.74, 6) is -3.04. The number of ether oxygens (including phenoxy) is 2. The molecule has 0 aromatic heterocycles. The van der Waals surface area contributed by atoms with Crippen LogP contribution < -0.4 is 10.2 Å². The second-order valence-electron chi connectivity index (χ2n) is 9.15. The highest BCUT2D eigenvalue weighted by atomic mass is 16.5. The Morgan fingerprint density at radius 1 is 1.21 bits per heavy atom. The van der Waals surface area contributed by atoms with E-state index in [0.717, 1.165) is 16.9 Å². The molecule has 0 bridgehead atoms. The number of carbonyl (C=O) groups is 3. The SMILES string of the molecule is CC[C@@H](C)OC(=O)C1=C(C)NC2=C(C(=O)[C@H](C(=O)OC)[C@H](C)C2)[C@H]1c1ccc(N(C)C)cc1. The van der Waals surface area contributed by atoms with Crippen LogP contribution in [0.1, 0.15) is 52.0 Å². The van der Waals surface area contributed by atoms with Crippen molar-refractivity contribution in [3.8, 4) is 0 Å². The first-order valence-corrected chi connectivity index (χ1v) is 11.4. The number of rotatable bonds is 6. The van der Waals surface area contributed by atoms with E-state index in [0.29, 0.717) is 29.7 Å². The fourth-order valence-corrected chi connectivity index (χ4v) is 4.58. The summed E-state index contributed by atoms with van der Waals surface area (Å²) in [5, 5.41) is 3.29. The van der Waals surface area contributed by atoms with Gasteiger partial charge in [-0.05, 0) is 50.3 Å². The number of ketones is 1. The molecule has 1 N–H and O–H groups in total. The average Bonchev–Trinajstić information content (AvgIpc) is 2.77. The number of benzene rings is 1. The van der Waals surface area contributed by atoms with Gasteiger partial charge in [0.1, 0.15) is 5.92 Å². The number of carbonyl (C=O) groups excluding carboxylic acids is 3. The predicted octanol–water partition coefficient (Wildman–Crippen LogP) is 3.71. The van der Waals surface area contributed by atoms with E-state index in [2.05, 4.69) is 5.32 Å². The first kappa shape index (κ1) is 24.6. The number of anilines is 1. The Morgan fingerprint density at radius 2 is 1.85 bits per heavy atom. The summed E-state index contributed by atoms with van der Waals surface area (Å²) < 4.78 is 10.6.